The fourth-order valence-corrected chi connectivity index (χ4v) is 13.0. The van der Waals surface area contributed by atoms with Gasteiger partial charge in [0.1, 0.15) is 0 Å². The van der Waals surface area contributed by atoms with Crippen molar-refractivity contribution in [3.63, 3.8) is 0 Å². The van der Waals surface area contributed by atoms with E-state index in [-0.39, 0.29) is 0 Å². The average molecular weight is 1090 g/mol. The van der Waals surface area contributed by atoms with Crippen molar-refractivity contribution in [2.45, 2.75) is 450 Å². The van der Waals surface area contributed by atoms with Crippen LogP contribution in [0.15, 0.2) is 0 Å². The molecule has 1 aliphatic rings. The summed E-state index contributed by atoms with van der Waals surface area (Å²) in [6.07, 6.45) is 87.8. The number of hydrogen-bond acceptors (Lipinski definition) is 3. The van der Waals surface area contributed by atoms with Gasteiger partial charge in [0.2, 0.25) is 0 Å². The summed E-state index contributed by atoms with van der Waals surface area (Å²) < 4.78 is 6.14. The van der Waals surface area contributed by atoms with Gasteiger partial charge in [-0.2, -0.15) is 0 Å². The van der Waals surface area contributed by atoms with Gasteiger partial charge in [-0.25, -0.2) is 0 Å². The van der Waals surface area contributed by atoms with Gasteiger partial charge in [-0.1, -0.05) is 406 Å². The van der Waals surface area contributed by atoms with Gasteiger partial charge < -0.3 is 14.9 Å². The molecule has 4 heteroatoms. The third-order valence-corrected chi connectivity index (χ3v) is 18.6. The van der Waals surface area contributed by atoms with Crippen molar-refractivity contribution in [2.24, 2.45) is 11.8 Å². The monoisotopic (exact) mass is 1090 g/mol. The first-order valence-electron chi connectivity index (χ1n) is 36.6. The van der Waals surface area contributed by atoms with E-state index in [2.05, 4.69) is 20.8 Å². The Hall–Kier alpha value is -0.610. The van der Waals surface area contributed by atoms with Crippen molar-refractivity contribution >= 4 is 5.97 Å². The third kappa shape index (κ3) is 54.4. The molecule has 5 atom stereocenters. The second kappa shape index (κ2) is 61.5. The summed E-state index contributed by atoms with van der Waals surface area (Å²) in [6, 6.07) is 0. The second-order valence-electron chi connectivity index (χ2n) is 26.3. The fraction of sp³-hybridized carbons (Fsp3) is 0.986. The molecule has 0 aliphatic carbocycles. The van der Waals surface area contributed by atoms with Gasteiger partial charge in [0, 0.05) is 0 Å². The molecule has 0 amide bonds. The van der Waals surface area contributed by atoms with Gasteiger partial charge in [0.15, 0.2) is 0 Å². The first kappa shape index (κ1) is 74.4. The highest BCUT2D eigenvalue weighted by Crippen LogP contribution is 2.36. The zero-order valence-electron chi connectivity index (χ0n) is 53.4. The van der Waals surface area contributed by atoms with Crippen LogP contribution in [0.25, 0.3) is 0 Å². The van der Waals surface area contributed by atoms with Crippen LogP contribution in [0.5, 0.6) is 0 Å². The number of rotatable bonds is 68. The van der Waals surface area contributed by atoms with Gasteiger partial charge in [-0.05, 0) is 31.6 Å². The molecular formula is C73H144O4. The summed E-state index contributed by atoms with van der Waals surface area (Å²) in [5.41, 5.74) is 0. The van der Waals surface area contributed by atoms with Gasteiger partial charge in [0.05, 0.1) is 24.2 Å². The summed E-state index contributed by atoms with van der Waals surface area (Å²) in [6.45, 7) is 7.06. The van der Waals surface area contributed by atoms with E-state index >= 15 is 0 Å². The number of ether oxygens (including phenoxy) is 1. The lowest BCUT2D eigenvalue weighted by molar-refractivity contribution is -0.146. The van der Waals surface area contributed by atoms with Crippen LogP contribution in [0.4, 0.5) is 0 Å². The fourth-order valence-electron chi connectivity index (χ4n) is 13.0. The van der Waals surface area contributed by atoms with E-state index in [0.717, 1.165) is 31.6 Å². The molecule has 1 heterocycles. The second-order valence-corrected chi connectivity index (χ2v) is 26.3. The van der Waals surface area contributed by atoms with Crippen LogP contribution >= 0.6 is 0 Å². The number of aliphatic carboxylic acids is 1. The molecule has 1 fully saturated rings. The Kier molecular flexibility index (Phi) is 59.4. The van der Waals surface area contributed by atoms with E-state index in [0.29, 0.717) is 25.0 Å². The highest BCUT2D eigenvalue weighted by molar-refractivity contribution is 5.70. The molecule has 4 nitrogen and oxygen atoms in total. The number of aliphatic hydroxyl groups excluding tert-OH is 1. The highest BCUT2D eigenvalue weighted by atomic mass is 16.6. The minimum absolute atomic E-state index is 0.578. The molecule has 2 N–H and O–H groups in total. The first-order chi connectivity index (χ1) is 38.0. The predicted molar refractivity (Wildman–Crippen MR) is 342 cm³/mol. The number of unbranched alkanes of at least 4 members (excludes halogenated alkanes) is 57. The number of carbonyl (C=O) groups is 1. The maximum Gasteiger partial charge on any atom is 0.309 e. The van der Waals surface area contributed by atoms with Crippen LogP contribution in [0.2, 0.25) is 0 Å². The van der Waals surface area contributed by atoms with E-state index in [4.69, 9.17) is 4.74 Å². The molecule has 0 saturated carbocycles. The molecule has 460 valence electrons. The molecule has 0 aromatic heterocycles. The zero-order valence-corrected chi connectivity index (χ0v) is 53.4. The van der Waals surface area contributed by atoms with Gasteiger partial charge in [0.25, 0.3) is 0 Å². The van der Waals surface area contributed by atoms with E-state index < -0.39 is 18.0 Å². The van der Waals surface area contributed by atoms with E-state index in [1.807, 2.05) is 0 Å². The molecule has 0 radical (unpaired) electrons. The Morgan fingerprint density at radius 1 is 0.312 bits per heavy atom. The molecule has 1 aliphatic heterocycles. The maximum atomic E-state index is 11.9. The summed E-state index contributed by atoms with van der Waals surface area (Å²) in [5, 5.41) is 20.5. The van der Waals surface area contributed by atoms with Crippen molar-refractivity contribution in [1.82, 2.24) is 0 Å². The van der Waals surface area contributed by atoms with Crippen LogP contribution in [0, 0.1) is 11.8 Å². The summed E-state index contributed by atoms with van der Waals surface area (Å²) in [7, 11) is 0. The molecule has 1 rings (SSSR count). The quantitative estimate of drug-likeness (QED) is 0.0470. The summed E-state index contributed by atoms with van der Waals surface area (Å²) >= 11 is 0. The number of hydrogen-bond donors (Lipinski definition) is 2. The summed E-state index contributed by atoms with van der Waals surface area (Å²) in [4.78, 5) is 11.9. The number of carboxylic acid groups (broad SMARTS) is 1. The van der Waals surface area contributed by atoms with Crippen LogP contribution in [0.3, 0.4) is 0 Å². The average Bonchev–Trinajstić information content (AvgIpc) is 4.22. The van der Waals surface area contributed by atoms with Gasteiger partial charge in [-0.3, -0.25) is 4.79 Å². The van der Waals surface area contributed by atoms with Crippen LogP contribution < -0.4 is 0 Å². The minimum Gasteiger partial charge on any atom is -0.481 e. The molecule has 0 bridgehead atoms. The van der Waals surface area contributed by atoms with E-state index in [1.165, 1.54) is 372 Å². The Morgan fingerprint density at radius 2 is 0.519 bits per heavy atom. The van der Waals surface area contributed by atoms with Crippen molar-refractivity contribution in [3.05, 3.63) is 0 Å². The SMILES string of the molecule is CCCCCCCCCCCCCCCCCCCCCCC(C(=O)O)C(O)CCCCCCCCCCCCCCCCCCCCCCCCC1OC1C(C)CCCCCCCCCCCCCCCCCCCC. The maximum absolute atomic E-state index is 11.9. The molecule has 0 spiro atoms. The van der Waals surface area contributed by atoms with E-state index in [1.54, 1.807) is 0 Å². The Balaban J connectivity index is 1.75. The van der Waals surface area contributed by atoms with Crippen molar-refractivity contribution in [2.75, 3.05) is 0 Å². The normalized spacial score (nSPS) is 15.6. The lowest BCUT2D eigenvalue weighted by Crippen LogP contribution is -2.28. The van der Waals surface area contributed by atoms with Crippen LogP contribution in [0.1, 0.15) is 432 Å². The van der Waals surface area contributed by atoms with E-state index in [9.17, 15) is 15.0 Å². The van der Waals surface area contributed by atoms with Crippen molar-refractivity contribution in [3.8, 4) is 0 Å². The Labute approximate surface area is 485 Å². The molecule has 0 aromatic carbocycles. The number of aliphatic hydroxyl groups is 1. The topological polar surface area (TPSA) is 70.1 Å². The molecule has 1 saturated heterocycles. The molecule has 0 aromatic rings. The first-order valence-corrected chi connectivity index (χ1v) is 36.6. The third-order valence-electron chi connectivity index (χ3n) is 18.6. The molecular weight excluding hydrogens is 941 g/mol. The zero-order chi connectivity index (χ0) is 55.4. The van der Waals surface area contributed by atoms with Crippen molar-refractivity contribution < 1.29 is 19.7 Å². The lowest BCUT2D eigenvalue weighted by Gasteiger charge is -2.19. The van der Waals surface area contributed by atoms with Gasteiger partial charge >= 0.3 is 5.97 Å². The minimum atomic E-state index is -0.800. The molecule has 5 unspecified atom stereocenters. The lowest BCUT2D eigenvalue weighted by atomic mass is 9.91. The molecule has 77 heavy (non-hydrogen) atoms. The van der Waals surface area contributed by atoms with Crippen molar-refractivity contribution in [1.29, 1.82) is 0 Å². The number of carboxylic acids is 1. The highest BCUT2D eigenvalue weighted by Gasteiger charge is 2.41. The number of epoxide rings is 1. The Bertz CT molecular complexity index is 1120. The Morgan fingerprint density at radius 3 is 0.766 bits per heavy atom. The summed E-state index contributed by atoms with van der Waals surface area (Å²) in [5.74, 6) is -0.619. The van der Waals surface area contributed by atoms with Crippen LogP contribution in [-0.4, -0.2) is 34.5 Å². The standard InChI is InChI=1S/C73H144O4/c1-4-6-8-10-12-14-16-18-20-22-24-29-33-37-41-45-49-53-57-61-65-69(73(75)76)70(74)66-62-58-54-50-46-42-38-34-30-27-25-26-28-31-35-39-43-47-51-55-59-63-67-71-72(77-71)68(3)64-60-56-52-48-44-40-36-32-23-21-19-17-15-13-11-9-7-5-2/h68-72,74H,4-67H2,1-3H3,(H,75,76). The van der Waals surface area contributed by atoms with Crippen LogP contribution in [-0.2, 0) is 9.53 Å². The smallest absolute Gasteiger partial charge is 0.309 e. The largest absolute Gasteiger partial charge is 0.481 e. The predicted octanol–water partition coefficient (Wildman–Crippen LogP) is 25.5. The van der Waals surface area contributed by atoms with Gasteiger partial charge in [-0.15, -0.1) is 0 Å².